The maximum absolute atomic E-state index is 11.5. The van der Waals surface area contributed by atoms with Gasteiger partial charge in [-0.05, 0) is 25.1 Å². The van der Waals surface area contributed by atoms with E-state index in [4.69, 9.17) is 16.0 Å². The topological polar surface area (TPSA) is 99.8 Å². The van der Waals surface area contributed by atoms with Crippen molar-refractivity contribution >= 4 is 27.3 Å². The number of halogens is 1. The Kier molecular flexibility index (Phi) is 3.82. The van der Waals surface area contributed by atoms with Crippen LogP contribution >= 0.6 is 11.6 Å². The number of phenols is 1. The monoisotopic (exact) mass is 317 g/mol. The van der Waals surface area contributed by atoms with Crippen molar-refractivity contribution < 1.29 is 23.0 Å². The van der Waals surface area contributed by atoms with E-state index in [0.29, 0.717) is 5.02 Å². The zero-order valence-electron chi connectivity index (χ0n) is 10.4. The fraction of sp³-hybridized carbons (Fsp3) is 0.167. The molecule has 0 radical (unpaired) electrons. The number of furan rings is 1. The fourth-order valence-corrected chi connectivity index (χ4v) is 2.34. The van der Waals surface area contributed by atoms with E-state index < -0.39 is 15.8 Å². The Hall–Kier alpha value is -1.86. The molecule has 6 nitrogen and oxygen atoms in total. The first-order chi connectivity index (χ1) is 9.34. The molecule has 0 aliphatic rings. The van der Waals surface area contributed by atoms with Gasteiger partial charge in [0, 0.05) is 5.02 Å². The van der Waals surface area contributed by atoms with Gasteiger partial charge in [-0.15, -0.1) is 0 Å². The Morgan fingerprint density at radius 2 is 2.05 bits per heavy atom. The van der Waals surface area contributed by atoms with Crippen molar-refractivity contribution in [1.29, 1.82) is 0 Å². The molecule has 1 aromatic heterocycles. The number of hydrogen-bond donors (Lipinski definition) is 3. The van der Waals surface area contributed by atoms with Gasteiger partial charge in [0.15, 0.2) is 11.5 Å². The molecule has 0 aliphatic carbocycles. The molecule has 2 rings (SSSR count). The average molecular weight is 318 g/mol. The molecule has 0 amide bonds. The van der Waals surface area contributed by atoms with Crippen molar-refractivity contribution in [2.45, 2.75) is 6.92 Å². The first-order valence-electron chi connectivity index (χ1n) is 5.64. The molecule has 0 saturated heterocycles. The van der Waals surface area contributed by atoms with Crippen molar-refractivity contribution in [2.75, 3.05) is 10.5 Å². The summed E-state index contributed by atoms with van der Waals surface area (Å²) >= 11 is 5.81. The molecule has 3 N–H and O–H groups in total. The van der Waals surface area contributed by atoms with Gasteiger partial charge in [0.25, 0.3) is 0 Å². The number of hydrogen-bond acceptors (Lipinski definition) is 5. The molecule has 0 aliphatic heterocycles. The highest BCUT2D eigenvalue weighted by atomic mass is 35.5. The van der Waals surface area contributed by atoms with E-state index in [1.807, 2.05) is 0 Å². The SMILES string of the molecule is CCS(=O)(=O)Nc1coc(-c2cc(Cl)ccc2O)c1O. The standard InChI is InChI=1S/C12H12ClNO5S/c1-2-20(17,18)14-9-6-19-12(11(9)16)8-5-7(13)3-4-10(8)15/h3-6,14-16H,2H2,1H3. The predicted molar refractivity (Wildman–Crippen MR) is 75.6 cm³/mol. The van der Waals surface area contributed by atoms with Gasteiger partial charge >= 0.3 is 0 Å². The Bertz CT molecular complexity index is 738. The van der Waals surface area contributed by atoms with Crippen LogP contribution < -0.4 is 4.72 Å². The summed E-state index contributed by atoms with van der Waals surface area (Å²) in [4.78, 5) is 0. The second kappa shape index (κ2) is 5.26. The summed E-state index contributed by atoms with van der Waals surface area (Å²) in [5, 5.41) is 20.1. The molecule has 0 atom stereocenters. The van der Waals surface area contributed by atoms with E-state index in [1.54, 1.807) is 0 Å². The maximum Gasteiger partial charge on any atom is 0.232 e. The van der Waals surface area contributed by atoms with E-state index in [0.717, 1.165) is 6.26 Å². The molecular weight excluding hydrogens is 306 g/mol. The highest BCUT2D eigenvalue weighted by Crippen LogP contribution is 2.42. The molecule has 0 fully saturated rings. The van der Waals surface area contributed by atoms with E-state index >= 15 is 0 Å². The van der Waals surface area contributed by atoms with Crippen molar-refractivity contribution in [3.63, 3.8) is 0 Å². The summed E-state index contributed by atoms with van der Waals surface area (Å²) < 4.78 is 30.2. The molecule has 0 spiro atoms. The number of sulfonamides is 1. The molecule has 108 valence electrons. The summed E-state index contributed by atoms with van der Waals surface area (Å²) in [6.45, 7) is 1.46. The van der Waals surface area contributed by atoms with E-state index in [2.05, 4.69) is 4.72 Å². The quantitative estimate of drug-likeness (QED) is 0.805. The van der Waals surface area contributed by atoms with Crippen LogP contribution in [0.15, 0.2) is 28.9 Å². The number of anilines is 1. The molecule has 20 heavy (non-hydrogen) atoms. The minimum atomic E-state index is -3.54. The van der Waals surface area contributed by atoms with Crippen LogP contribution in [0.1, 0.15) is 6.92 Å². The van der Waals surface area contributed by atoms with Gasteiger partial charge in [0.1, 0.15) is 17.7 Å². The van der Waals surface area contributed by atoms with Crippen LogP contribution in [0.3, 0.4) is 0 Å². The van der Waals surface area contributed by atoms with E-state index in [-0.39, 0.29) is 28.5 Å². The molecule has 8 heteroatoms. The Labute approximate surface area is 120 Å². The fourth-order valence-electron chi connectivity index (χ4n) is 1.55. The zero-order chi connectivity index (χ0) is 14.9. The molecule has 0 bridgehead atoms. The smallest absolute Gasteiger partial charge is 0.232 e. The highest BCUT2D eigenvalue weighted by Gasteiger charge is 2.20. The first-order valence-corrected chi connectivity index (χ1v) is 7.67. The van der Waals surface area contributed by atoms with E-state index in [1.165, 1.54) is 25.1 Å². The molecular formula is C12H12ClNO5S. The summed E-state index contributed by atoms with van der Waals surface area (Å²) in [7, 11) is -3.54. The first kappa shape index (κ1) is 14.5. The number of nitrogens with one attached hydrogen (secondary N) is 1. The van der Waals surface area contributed by atoms with Gasteiger partial charge in [0.2, 0.25) is 10.0 Å². The Balaban J connectivity index is 2.46. The lowest BCUT2D eigenvalue weighted by atomic mass is 10.1. The van der Waals surface area contributed by atoms with Crippen LogP contribution in [0, 0.1) is 0 Å². The number of aromatic hydroxyl groups is 2. The van der Waals surface area contributed by atoms with Gasteiger partial charge in [0.05, 0.1) is 11.3 Å². The van der Waals surface area contributed by atoms with Gasteiger partial charge in [-0.3, -0.25) is 4.72 Å². The van der Waals surface area contributed by atoms with Crippen LogP contribution in [0.2, 0.25) is 5.02 Å². The number of phenolic OH excluding ortho intramolecular Hbond substituents is 1. The third-order valence-corrected chi connectivity index (χ3v) is 4.14. The van der Waals surface area contributed by atoms with Crippen LogP contribution in [-0.2, 0) is 10.0 Å². The van der Waals surface area contributed by atoms with Gasteiger partial charge in [-0.2, -0.15) is 0 Å². The third-order valence-electron chi connectivity index (χ3n) is 2.61. The molecule has 0 unspecified atom stereocenters. The normalized spacial score (nSPS) is 11.5. The molecule has 1 aromatic carbocycles. The lowest BCUT2D eigenvalue weighted by Crippen LogP contribution is -2.14. The molecule has 0 saturated carbocycles. The largest absolute Gasteiger partial charge is 0.507 e. The number of rotatable bonds is 4. The zero-order valence-corrected chi connectivity index (χ0v) is 12.0. The molecule has 1 heterocycles. The van der Waals surface area contributed by atoms with Crippen LogP contribution in [0.25, 0.3) is 11.3 Å². The van der Waals surface area contributed by atoms with Gasteiger partial charge in [-0.25, -0.2) is 8.42 Å². The van der Waals surface area contributed by atoms with Crippen LogP contribution in [-0.4, -0.2) is 24.4 Å². The van der Waals surface area contributed by atoms with Crippen LogP contribution in [0.5, 0.6) is 11.5 Å². The summed E-state index contributed by atoms with van der Waals surface area (Å²) in [5.41, 5.74) is 0.0678. The second-order valence-electron chi connectivity index (χ2n) is 3.99. The van der Waals surface area contributed by atoms with Crippen molar-refractivity contribution in [2.24, 2.45) is 0 Å². The average Bonchev–Trinajstić information content (AvgIpc) is 2.74. The summed E-state index contributed by atoms with van der Waals surface area (Å²) in [6, 6.07) is 4.21. The summed E-state index contributed by atoms with van der Waals surface area (Å²) in [5.74, 6) is -0.780. The van der Waals surface area contributed by atoms with Crippen molar-refractivity contribution in [3.8, 4) is 22.8 Å². The lowest BCUT2D eigenvalue weighted by molar-refractivity contribution is 0.456. The van der Waals surface area contributed by atoms with Crippen molar-refractivity contribution in [1.82, 2.24) is 0 Å². The highest BCUT2D eigenvalue weighted by molar-refractivity contribution is 7.92. The predicted octanol–water partition coefficient (Wildman–Crippen LogP) is 2.77. The second-order valence-corrected chi connectivity index (χ2v) is 6.44. The van der Waals surface area contributed by atoms with Crippen LogP contribution in [0.4, 0.5) is 5.69 Å². The minimum absolute atomic E-state index is 0.0706. The van der Waals surface area contributed by atoms with Gasteiger partial charge in [-0.1, -0.05) is 11.6 Å². The number of benzene rings is 1. The maximum atomic E-state index is 11.5. The molecule has 2 aromatic rings. The lowest BCUT2D eigenvalue weighted by Gasteiger charge is -2.04. The summed E-state index contributed by atoms with van der Waals surface area (Å²) in [6.07, 6.45) is 1.05. The minimum Gasteiger partial charge on any atom is -0.507 e. The third kappa shape index (κ3) is 2.83. The Morgan fingerprint density at radius 1 is 1.35 bits per heavy atom. The Morgan fingerprint density at radius 3 is 2.70 bits per heavy atom. The van der Waals surface area contributed by atoms with Gasteiger partial charge < -0.3 is 14.6 Å². The van der Waals surface area contributed by atoms with Crippen molar-refractivity contribution in [3.05, 3.63) is 29.5 Å². The van der Waals surface area contributed by atoms with E-state index in [9.17, 15) is 18.6 Å².